The van der Waals surface area contributed by atoms with E-state index in [4.69, 9.17) is 10.5 Å². The van der Waals surface area contributed by atoms with E-state index in [0.717, 1.165) is 0 Å². The first-order chi connectivity index (χ1) is 9.86. The summed E-state index contributed by atoms with van der Waals surface area (Å²) in [5.74, 6) is -5.88. The van der Waals surface area contributed by atoms with Gasteiger partial charge in [0.25, 0.3) is 0 Å². The zero-order valence-electron chi connectivity index (χ0n) is 11.0. The second-order valence-corrected chi connectivity index (χ2v) is 5.24. The Balaban J connectivity index is 2.43. The first-order valence-electron chi connectivity index (χ1n) is 6.42. The van der Waals surface area contributed by atoms with Crippen molar-refractivity contribution in [2.75, 3.05) is 0 Å². The normalized spacial score (nSPS) is 21.2. The summed E-state index contributed by atoms with van der Waals surface area (Å²) in [6.07, 6.45) is -0.699. The molecule has 0 heterocycles. The molecule has 1 fully saturated rings. The summed E-state index contributed by atoms with van der Waals surface area (Å²) in [4.78, 5) is 11.5. The minimum absolute atomic E-state index is 0.114. The molecule has 2 rings (SSSR count). The molecule has 108 valence electrons. The lowest BCUT2D eigenvalue weighted by molar-refractivity contribution is -0.140. The molecule has 0 amide bonds. The van der Waals surface area contributed by atoms with Gasteiger partial charge >= 0.3 is 5.97 Å². The first-order valence-corrected chi connectivity index (χ1v) is 6.42. The number of halogens is 2. The van der Waals surface area contributed by atoms with Crippen LogP contribution < -0.4 is 0 Å². The molecule has 21 heavy (non-hydrogen) atoms. The molecule has 2 unspecified atom stereocenters. The van der Waals surface area contributed by atoms with E-state index in [-0.39, 0.29) is 29.5 Å². The Kier molecular flexibility index (Phi) is 3.90. The fourth-order valence-electron chi connectivity index (χ4n) is 2.85. The number of carbonyl (C=O) groups is 1. The number of carboxylic acid groups (broad SMARTS) is 1. The molecule has 6 heteroatoms. The van der Waals surface area contributed by atoms with Crippen molar-refractivity contribution in [1.82, 2.24) is 0 Å². The van der Waals surface area contributed by atoms with Gasteiger partial charge in [-0.25, -0.2) is 8.78 Å². The zero-order valence-corrected chi connectivity index (χ0v) is 11.0. The van der Waals surface area contributed by atoms with Gasteiger partial charge in [0.2, 0.25) is 5.92 Å². The van der Waals surface area contributed by atoms with Gasteiger partial charge in [-0.3, -0.25) is 4.79 Å². The Morgan fingerprint density at radius 1 is 1.29 bits per heavy atom. The average Bonchev–Trinajstić information content (AvgIpc) is 2.78. The predicted molar refractivity (Wildman–Crippen MR) is 68.5 cm³/mol. The van der Waals surface area contributed by atoms with Crippen LogP contribution in [0.25, 0.3) is 0 Å². The van der Waals surface area contributed by atoms with Gasteiger partial charge in [0.05, 0.1) is 29.2 Å². The van der Waals surface area contributed by atoms with E-state index in [1.165, 1.54) is 18.2 Å². The van der Waals surface area contributed by atoms with Gasteiger partial charge in [-0.1, -0.05) is 0 Å². The van der Waals surface area contributed by atoms with Crippen LogP contribution in [0.2, 0.25) is 0 Å². The largest absolute Gasteiger partial charge is 0.481 e. The van der Waals surface area contributed by atoms with Crippen LogP contribution in [0.4, 0.5) is 8.78 Å². The number of rotatable bonds is 3. The summed E-state index contributed by atoms with van der Waals surface area (Å²) in [5.41, 5.74) is 0.543. The van der Waals surface area contributed by atoms with E-state index in [1.807, 2.05) is 12.1 Å². The van der Waals surface area contributed by atoms with Crippen molar-refractivity contribution in [3.63, 3.8) is 0 Å². The third-order valence-electron chi connectivity index (χ3n) is 3.75. The first kappa shape index (κ1) is 14.9. The maximum Gasteiger partial charge on any atom is 0.311 e. The molecule has 1 aromatic rings. The van der Waals surface area contributed by atoms with E-state index in [0.29, 0.717) is 0 Å². The molecule has 0 spiro atoms. The topological polar surface area (TPSA) is 84.9 Å². The Bertz CT molecular complexity index is 626. The van der Waals surface area contributed by atoms with Crippen LogP contribution in [-0.2, 0) is 4.79 Å². The molecule has 0 bridgehead atoms. The number of nitriles is 2. The highest BCUT2D eigenvalue weighted by Gasteiger charge is 2.45. The average molecular weight is 290 g/mol. The fraction of sp³-hybridized carbons (Fsp3) is 0.400. The smallest absolute Gasteiger partial charge is 0.311 e. The lowest BCUT2D eigenvalue weighted by Gasteiger charge is -2.20. The molecule has 2 atom stereocenters. The second-order valence-electron chi connectivity index (χ2n) is 5.24. The van der Waals surface area contributed by atoms with Crippen LogP contribution in [0.1, 0.15) is 41.9 Å². The van der Waals surface area contributed by atoms with Crippen molar-refractivity contribution >= 4 is 5.97 Å². The number of hydrogen-bond donors (Lipinski definition) is 1. The van der Waals surface area contributed by atoms with E-state index in [2.05, 4.69) is 0 Å². The van der Waals surface area contributed by atoms with E-state index >= 15 is 0 Å². The summed E-state index contributed by atoms with van der Waals surface area (Å²) in [6, 6.07) is 7.75. The number of hydrogen-bond acceptors (Lipinski definition) is 3. The molecule has 0 saturated heterocycles. The van der Waals surface area contributed by atoms with Crippen LogP contribution in [0.15, 0.2) is 18.2 Å². The van der Waals surface area contributed by atoms with Gasteiger partial charge in [-0.2, -0.15) is 10.5 Å². The molecule has 1 saturated carbocycles. The Morgan fingerprint density at radius 2 is 1.86 bits per heavy atom. The maximum absolute atomic E-state index is 13.3. The minimum atomic E-state index is -2.84. The fourth-order valence-corrected chi connectivity index (χ4v) is 2.85. The van der Waals surface area contributed by atoms with Crippen molar-refractivity contribution in [2.45, 2.75) is 31.1 Å². The van der Waals surface area contributed by atoms with Crippen molar-refractivity contribution in [3.05, 3.63) is 34.9 Å². The lowest BCUT2D eigenvalue weighted by atomic mass is 9.83. The molecule has 1 N–H and O–H groups in total. The molecule has 1 aliphatic rings. The van der Waals surface area contributed by atoms with Crippen molar-refractivity contribution in [1.29, 1.82) is 10.5 Å². The summed E-state index contributed by atoms with van der Waals surface area (Å²) < 4.78 is 26.7. The standard InChI is InChI=1S/C15H12F2N2O2/c16-15(17)2-1-11(6-15)13(14(20)21)12-4-9(7-18)3-10(5-12)8-19/h3-5,11,13H,1-2,6H2,(H,20,21). The van der Waals surface area contributed by atoms with Crippen molar-refractivity contribution < 1.29 is 18.7 Å². The highest BCUT2D eigenvalue weighted by Crippen LogP contribution is 2.45. The van der Waals surface area contributed by atoms with Gasteiger partial charge < -0.3 is 5.11 Å². The van der Waals surface area contributed by atoms with Crippen molar-refractivity contribution in [3.8, 4) is 12.1 Å². The Hall–Kier alpha value is -2.47. The van der Waals surface area contributed by atoms with Gasteiger partial charge in [-0.05, 0) is 36.1 Å². The van der Waals surface area contributed by atoms with Crippen LogP contribution in [-0.4, -0.2) is 17.0 Å². The number of alkyl halides is 2. The molecule has 0 aromatic heterocycles. The van der Waals surface area contributed by atoms with Gasteiger partial charge in [0, 0.05) is 12.8 Å². The van der Waals surface area contributed by atoms with E-state index in [1.54, 1.807) is 0 Å². The highest BCUT2D eigenvalue weighted by molar-refractivity contribution is 5.77. The van der Waals surface area contributed by atoms with Crippen molar-refractivity contribution in [2.24, 2.45) is 5.92 Å². The van der Waals surface area contributed by atoms with Gasteiger partial charge in [0.15, 0.2) is 0 Å². The summed E-state index contributed by atoms with van der Waals surface area (Å²) in [5, 5.41) is 27.2. The quantitative estimate of drug-likeness (QED) is 0.927. The van der Waals surface area contributed by atoms with Crippen LogP contribution in [0.3, 0.4) is 0 Å². The van der Waals surface area contributed by atoms with E-state index in [9.17, 15) is 18.7 Å². The summed E-state index contributed by atoms with van der Waals surface area (Å²) >= 11 is 0. The van der Waals surface area contributed by atoms with Crippen LogP contribution in [0.5, 0.6) is 0 Å². The van der Waals surface area contributed by atoms with Crippen LogP contribution in [0, 0.1) is 28.6 Å². The zero-order chi connectivity index (χ0) is 15.6. The number of nitrogens with zero attached hydrogens (tertiary/aromatic N) is 2. The maximum atomic E-state index is 13.3. The SMILES string of the molecule is N#Cc1cc(C#N)cc(C(C(=O)O)C2CCC(F)(F)C2)c1. The summed E-state index contributed by atoms with van der Waals surface area (Å²) in [7, 11) is 0. The molecular formula is C15H12F2N2O2. The third kappa shape index (κ3) is 3.17. The van der Waals surface area contributed by atoms with E-state index < -0.39 is 30.1 Å². The molecule has 1 aromatic carbocycles. The third-order valence-corrected chi connectivity index (χ3v) is 3.75. The lowest BCUT2D eigenvalue weighted by Crippen LogP contribution is -2.22. The number of aliphatic carboxylic acids is 1. The molecule has 0 radical (unpaired) electrons. The second kappa shape index (κ2) is 5.49. The number of benzene rings is 1. The molecule has 0 aliphatic heterocycles. The monoisotopic (exact) mass is 290 g/mol. The Labute approximate surface area is 120 Å². The highest BCUT2D eigenvalue weighted by atomic mass is 19.3. The van der Waals surface area contributed by atoms with Gasteiger partial charge in [-0.15, -0.1) is 0 Å². The van der Waals surface area contributed by atoms with Crippen LogP contribution >= 0.6 is 0 Å². The predicted octanol–water partition coefficient (Wildman–Crippen LogP) is 3.03. The number of carboxylic acids is 1. The Morgan fingerprint density at radius 3 is 2.24 bits per heavy atom. The molecule has 1 aliphatic carbocycles. The molecule has 4 nitrogen and oxygen atoms in total. The van der Waals surface area contributed by atoms with Gasteiger partial charge in [0.1, 0.15) is 0 Å². The molecular weight excluding hydrogens is 278 g/mol. The summed E-state index contributed by atoms with van der Waals surface area (Å²) in [6.45, 7) is 0. The minimum Gasteiger partial charge on any atom is -0.481 e.